The van der Waals surface area contributed by atoms with E-state index in [2.05, 4.69) is 0 Å². The van der Waals surface area contributed by atoms with Crippen LogP contribution >= 0.6 is 12.2 Å². The Labute approximate surface area is 129 Å². The summed E-state index contributed by atoms with van der Waals surface area (Å²) in [5, 5.41) is 9.10. The third kappa shape index (κ3) is 3.98. The van der Waals surface area contributed by atoms with Gasteiger partial charge in [-0.1, -0.05) is 36.5 Å². The highest BCUT2D eigenvalue weighted by molar-refractivity contribution is 7.88. The minimum Gasteiger partial charge on any atom is -0.394 e. The molecule has 0 aromatic heterocycles. The van der Waals surface area contributed by atoms with Gasteiger partial charge in [-0.3, -0.25) is 0 Å². The molecule has 3 N–H and O–H groups in total. The summed E-state index contributed by atoms with van der Waals surface area (Å²) in [6, 6.07) is 6.93. The zero-order chi connectivity index (χ0) is 15.5. The molecule has 116 valence electrons. The van der Waals surface area contributed by atoms with E-state index in [0.29, 0.717) is 11.1 Å². The maximum Gasteiger partial charge on any atom is 0.218 e. The maximum absolute atomic E-state index is 12.5. The Morgan fingerprint density at radius 1 is 1.48 bits per heavy atom. The second kappa shape index (κ2) is 6.80. The predicted molar refractivity (Wildman–Crippen MR) is 83.4 cm³/mol. The van der Waals surface area contributed by atoms with Crippen molar-refractivity contribution >= 4 is 27.2 Å². The molecule has 1 unspecified atom stereocenters. The molecule has 6 nitrogen and oxygen atoms in total. The van der Waals surface area contributed by atoms with E-state index in [0.717, 1.165) is 0 Å². The van der Waals surface area contributed by atoms with Gasteiger partial charge in [0, 0.05) is 18.7 Å². The van der Waals surface area contributed by atoms with Gasteiger partial charge in [0.05, 0.1) is 25.1 Å². The minimum absolute atomic E-state index is 0.161. The van der Waals surface area contributed by atoms with Crippen LogP contribution in [0.4, 0.5) is 0 Å². The van der Waals surface area contributed by atoms with Crippen LogP contribution in [0.2, 0.25) is 0 Å². The van der Waals surface area contributed by atoms with E-state index >= 15 is 0 Å². The number of sulfonamides is 1. The zero-order valence-electron chi connectivity index (χ0n) is 11.4. The van der Waals surface area contributed by atoms with Gasteiger partial charge in [0.25, 0.3) is 0 Å². The summed E-state index contributed by atoms with van der Waals surface area (Å²) < 4.78 is 31.6. The lowest BCUT2D eigenvalue weighted by atomic mass is 10.1. The van der Waals surface area contributed by atoms with E-state index in [-0.39, 0.29) is 37.0 Å². The lowest BCUT2D eigenvalue weighted by molar-refractivity contribution is -0.0305. The minimum atomic E-state index is -3.51. The van der Waals surface area contributed by atoms with Crippen molar-refractivity contribution in [1.82, 2.24) is 4.31 Å². The first-order valence-electron chi connectivity index (χ1n) is 6.52. The molecule has 1 saturated heterocycles. The van der Waals surface area contributed by atoms with Gasteiger partial charge in [0.2, 0.25) is 10.0 Å². The third-order valence-electron chi connectivity index (χ3n) is 3.32. The Balaban J connectivity index is 2.20. The van der Waals surface area contributed by atoms with Crippen molar-refractivity contribution in [3.63, 3.8) is 0 Å². The van der Waals surface area contributed by atoms with Crippen LogP contribution in [0.15, 0.2) is 24.3 Å². The average molecular weight is 330 g/mol. The van der Waals surface area contributed by atoms with Gasteiger partial charge in [-0.15, -0.1) is 0 Å². The van der Waals surface area contributed by atoms with E-state index in [1.54, 1.807) is 24.3 Å². The summed E-state index contributed by atoms with van der Waals surface area (Å²) in [7, 11) is -3.51. The van der Waals surface area contributed by atoms with E-state index in [9.17, 15) is 8.42 Å². The molecular weight excluding hydrogens is 312 g/mol. The van der Waals surface area contributed by atoms with Gasteiger partial charge in [-0.2, -0.15) is 4.31 Å². The van der Waals surface area contributed by atoms with Gasteiger partial charge in [-0.05, 0) is 5.56 Å². The number of aliphatic hydroxyl groups is 1. The molecule has 0 bridgehead atoms. The van der Waals surface area contributed by atoms with Crippen LogP contribution in [-0.4, -0.2) is 55.2 Å². The molecule has 1 atom stereocenters. The van der Waals surface area contributed by atoms with E-state index in [1.807, 2.05) is 0 Å². The molecule has 1 aliphatic heterocycles. The number of benzene rings is 1. The molecular formula is C13H18N2O4S2. The summed E-state index contributed by atoms with van der Waals surface area (Å²) in [5.41, 5.74) is 6.78. The van der Waals surface area contributed by atoms with Crippen molar-refractivity contribution in [2.24, 2.45) is 5.73 Å². The highest BCUT2D eigenvalue weighted by Gasteiger charge is 2.29. The van der Waals surface area contributed by atoms with E-state index in [1.165, 1.54) is 4.31 Å². The predicted octanol–water partition coefficient (Wildman–Crippen LogP) is -0.156. The van der Waals surface area contributed by atoms with Crippen LogP contribution < -0.4 is 5.73 Å². The lowest BCUT2D eigenvalue weighted by Gasteiger charge is -2.31. The fraction of sp³-hybridized carbons (Fsp3) is 0.462. The van der Waals surface area contributed by atoms with Crippen LogP contribution in [0.3, 0.4) is 0 Å². The fourth-order valence-electron chi connectivity index (χ4n) is 2.23. The van der Waals surface area contributed by atoms with Crippen molar-refractivity contribution in [2.45, 2.75) is 11.9 Å². The quantitative estimate of drug-likeness (QED) is 0.729. The van der Waals surface area contributed by atoms with Gasteiger partial charge in [0.1, 0.15) is 4.99 Å². The third-order valence-corrected chi connectivity index (χ3v) is 5.33. The summed E-state index contributed by atoms with van der Waals surface area (Å²) >= 11 is 4.95. The Morgan fingerprint density at radius 3 is 2.86 bits per heavy atom. The summed E-state index contributed by atoms with van der Waals surface area (Å²) in [5.74, 6) is -0.168. The molecule has 1 heterocycles. The highest BCUT2D eigenvalue weighted by Crippen LogP contribution is 2.18. The number of rotatable bonds is 5. The van der Waals surface area contributed by atoms with Crippen molar-refractivity contribution in [2.75, 3.05) is 26.3 Å². The fourth-order valence-corrected chi connectivity index (χ4v) is 4.00. The largest absolute Gasteiger partial charge is 0.394 e. The molecule has 0 spiro atoms. The second-order valence-corrected chi connectivity index (χ2v) is 7.22. The Kier molecular flexibility index (Phi) is 5.28. The van der Waals surface area contributed by atoms with Crippen LogP contribution in [0, 0.1) is 0 Å². The molecule has 0 saturated carbocycles. The number of hydrogen-bond acceptors (Lipinski definition) is 5. The van der Waals surface area contributed by atoms with Crippen molar-refractivity contribution in [1.29, 1.82) is 0 Å². The molecule has 1 aromatic rings. The van der Waals surface area contributed by atoms with Crippen LogP contribution in [0.5, 0.6) is 0 Å². The highest BCUT2D eigenvalue weighted by atomic mass is 32.2. The maximum atomic E-state index is 12.5. The summed E-state index contributed by atoms with van der Waals surface area (Å²) in [6.07, 6.45) is -0.473. The number of ether oxygens (including phenoxy) is 1. The van der Waals surface area contributed by atoms with Gasteiger partial charge >= 0.3 is 0 Å². The molecule has 0 radical (unpaired) electrons. The number of nitrogens with zero attached hydrogens (tertiary/aromatic N) is 1. The second-order valence-electron chi connectivity index (χ2n) is 4.81. The van der Waals surface area contributed by atoms with Crippen molar-refractivity contribution in [3.05, 3.63) is 35.4 Å². The first-order chi connectivity index (χ1) is 9.94. The van der Waals surface area contributed by atoms with E-state index < -0.39 is 16.1 Å². The first-order valence-corrected chi connectivity index (χ1v) is 8.54. The molecule has 0 aliphatic carbocycles. The number of nitrogens with two attached hydrogens (primary N) is 1. The smallest absolute Gasteiger partial charge is 0.218 e. The lowest BCUT2D eigenvalue weighted by Crippen LogP contribution is -2.47. The zero-order valence-corrected chi connectivity index (χ0v) is 13.1. The number of aliphatic hydroxyl groups excluding tert-OH is 1. The number of thiocarbonyl (C=S) groups is 1. The van der Waals surface area contributed by atoms with E-state index in [4.69, 9.17) is 27.8 Å². The van der Waals surface area contributed by atoms with Crippen molar-refractivity contribution < 1.29 is 18.3 Å². The Morgan fingerprint density at radius 2 is 2.19 bits per heavy atom. The standard InChI is InChI=1S/C13H18N2O4S2/c14-13(20)12-4-2-1-3-10(12)9-21(17,18)15-5-6-19-11(7-15)8-16/h1-4,11,16H,5-9H2,(H2,14,20). The summed E-state index contributed by atoms with van der Waals surface area (Å²) in [6.45, 7) is 0.527. The molecule has 2 rings (SSSR count). The van der Waals surface area contributed by atoms with Gasteiger partial charge in [0.15, 0.2) is 0 Å². The van der Waals surface area contributed by atoms with Gasteiger partial charge < -0.3 is 15.6 Å². The monoisotopic (exact) mass is 330 g/mol. The molecule has 8 heteroatoms. The molecule has 1 aromatic carbocycles. The van der Waals surface area contributed by atoms with Gasteiger partial charge in [-0.25, -0.2) is 8.42 Å². The molecule has 0 amide bonds. The SMILES string of the molecule is NC(=S)c1ccccc1CS(=O)(=O)N1CCOC(CO)C1. The van der Waals surface area contributed by atoms with Crippen LogP contribution in [0.1, 0.15) is 11.1 Å². The average Bonchev–Trinajstić information content (AvgIpc) is 2.47. The first kappa shape index (κ1) is 16.3. The van der Waals surface area contributed by atoms with Crippen LogP contribution in [0.25, 0.3) is 0 Å². The molecule has 1 fully saturated rings. The summed E-state index contributed by atoms with van der Waals surface area (Å²) in [4.78, 5) is 0.177. The van der Waals surface area contributed by atoms with Crippen LogP contribution in [-0.2, 0) is 20.5 Å². The normalized spacial score (nSPS) is 20.3. The number of hydrogen-bond donors (Lipinski definition) is 2. The number of morpholine rings is 1. The Hall–Kier alpha value is -1.06. The molecule has 21 heavy (non-hydrogen) atoms. The Bertz CT molecular complexity index is 618. The topological polar surface area (TPSA) is 92.9 Å². The van der Waals surface area contributed by atoms with Crippen molar-refractivity contribution in [3.8, 4) is 0 Å². The molecule has 1 aliphatic rings.